The first kappa shape index (κ1) is 22.0. The van der Waals surface area contributed by atoms with Crippen molar-refractivity contribution in [3.05, 3.63) is 35.6 Å². The molecule has 1 fully saturated rings. The van der Waals surface area contributed by atoms with Gasteiger partial charge in [-0.2, -0.15) is 0 Å². The van der Waals surface area contributed by atoms with Crippen LogP contribution in [-0.2, 0) is 4.74 Å². The van der Waals surface area contributed by atoms with Crippen LogP contribution in [0.3, 0.4) is 0 Å². The summed E-state index contributed by atoms with van der Waals surface area (Å²) in [5.41, 5.74) is 1.21. The molecule has 2 rings (SSSR count). The van der Waals surface area contributed by atoms with Crippen molar-refractivity contribution in [2.75, 3.05) is 6.61 Å². The third-order valence-corrected chi connectivity index (χ3v) is 7.89. The lowest BCUT2D eigenvalue weighted by Gasteiger charge is -2.29. The van der Waals surface area contributed by atoms with Gasteiger partial charge in [0.15, 0.2) is 0 Å². The summed E-state index contributed by atoms with van der Waals surface area (Å²) in [4.78, 5) is 0. The van der Waals surface area contributed by atoms with E-state index in [2.05, 4.69) is 29.5 Å². The molecule has 0 radical (unpaired) electrons. The molecule has 0 bridgehead atoms. The number of thiocarbonyl (C=S) groups is 3. The molecule has 0 spiro atoms. The van der Waals surface area contributed by atoms with E-state index in [4.69, 9.17) is 41.4 Å². The lowest BCUT2D eigenvalue weighted by molar-refractivity contribution is 0.0250. The van der Waals surface area contributed by atoms with Gasteiger partial charge in [0, 0.05) is 12.7 Å². The molecule has 1 aromatic carbocycles. The minimum Gasteiger partial charge on any atom is -0.378 e. The summed E-state index contributed by atoms with van der Waals surface area (Å²) in [5, 5.41) is 7.01. The first-order chi connectivity index (χ1) is 13.1. The average Bonchev–Trinajstić information content (AvgIpc) is 2.67. The van der Waals surface area contributed by atoms with E-state index in [1.54, 1.807) is 0 Å². The highest BCUT2D eigenvalue weighted by molar-refractivity contribution is 7.78. The molecule has 142 valence electrons. The largest absolute Gasteiger partial charge is 0.461 e. The number of isothiocyanates is 3. The predicted octanol–water partition coefficient (Wildman–Crippen LogP) is 5.51. The Bertz CT molecular complexity index is 719. The van der Waals surface area contributed by atoms with Gasteiger partial charge in [-0.1, -0.05) is 12.1 Å². The second-order valence-corrected chi connectivity index (χ2v) is 9.65. The molecule has 1 aromatic rings. The fourth-order valence-corrected chi connectivity index (χ4v) is 6.18. The van der Waals surface area contributed by atoms with E-state index in [9.17, 15) is 4.39 Å². The fourth-order valence-electron chi connectivity index (χ4n) is 3.32. The Hall–Kier alpha value is -1.27. The van der Waals surface area contributed by atoms with Crippen LogP contribution in [-0.4, -0.2) is 36.8 Å². The van der Waals surface area contributed by atoms with Gasteiger partial charge >= 0.3 is 8.56 Å². The molecule has 1 aliphatic rings. The van der Waals surface area contributed by atoms with Crippen molar-refractivity contribution < 1.29 is 9.13 Å². The van der Waals surface area contributed by atoms with E-state index in [0.717, 1.165) is 32.1 Å². The number of halogens is 1. The molecule has 1 saturated carbocycles. The summed E-state index contributed by atoms with van der Waals surface area (Å²) in [6.07, 6.45) is 5.07. The number of rotatable bonds is 9. The molecule has 4 nitrogen and oxygen atoms in total. The molecule has 0 heterocycles. The molecule has 0 unspecified atom stereocenters. The molecular formula is C18H20FN3OS3Si. The fraction of sp³-hybridized carbons (Fsp3) is 0.500. The van der Waals surface area contributed by atoms with E-state index >= 15 is 0 Å². The second-order valence-electron chi connectivity index (χ2n) is 6.38. The maximum absolute atomic E-state index is 13.1. The summed E-state index contributed by atoms with van der Waals surface area (Å²) in [6, 6.07) is 7.41. The van der Waals surface area contributed by atoms with Crippen LogP contribution in [0.5, 0.6) is 0 Å². The van der Waals surface area contributed by atoms with Crippen molar-refractivity contribution in [3.8, 4) is 0 Å². The van der Waals surface area contributed by atoms with Crippen LogP contribution >= 0.6 is 36.7 Å². The molecule has 27 heavy (non-hydrogen) atoms. The predicted molar refractivity (Wildman–Crippen MR) is 118 cm³/mol. The normalized spacial score (nSPS) is 21.1. The maximum Gasteiger partial charge on any atom is 0.461 e. The number of ether oxygens (including phenoxy) is 1. The molecular weight excluding hydrogens is 418 g/mol. The molecule has 9 heteroatoms. The van der Waals surface area contributed by atoms with Crippen molar-refractivity contribution >= 4 is 60.7 Å². The van der Waals surface area contributed by atoms with Crippen LogP contribution in [0.15, 0.2) is 38.2 Å². The standard InChI is InChI=1S/C18H20FN3OS3Si/c19-17-6-2-15(3-7-17)16-4-8-18(9-5-16)23-10-1-11-27(20-12-24,21-13-25)22-14-26/h2-3,6-7,16,18H,1,4-5,8-11H2/t16-,18-. The highest BCUT2D eigenvalue weighted by atomic mass is 32.1. The molecule has 0 saturated heterocycles. The van der Waals surface area contributed by atoms with Crippen molar-refractivity contribution in [1.82, 2.24) is 0 Å². The zero-order valence-corrected chi connectivity index (χ0v) is 18.2. The minimum absolute atomic E-state index is 0.190. The summed E-state index contributed by atoms with van der Waals surface area (Å²) >= 11 is 14.1. The Morgan fingerprint density at radius 3 is 2.04 bits per heavy atom. The van der Waals surface area contributed by atoms with Gasteiger partial charge in [-0.25, -0.2) is 18.4 Å². The van der Waals surface area contributed by atoms with Gasteiger partial charge in [0.2, 0.25) is 0 Å². The topological polar surface area (TPSA) is 46.3 Å². The Labute approximate surface area is 175 Å². The average molecular weight is 438 g/mol. The van der Waals surface area contributed by atoms with Crippen LogP contribution in [0.25, 0.3) is 0 Å². The molecule has 0 aromatic heterocycles. The number of hydrogen-bond acceptors (Lipinski definition) is 7. The van der Waals surface area contributed by atoms with Crippen molar-refractivity contribution in [2.24, 2.45) is 14.0 Å². The summed E-state index contributed by atoms with van der Waals surface area (Å²) < 4.78 is 31.4. The van der Waals surface area contributed by atoms with Gasteiger partial charge in [0.05, 0.1) is 21.6 Å². The van der Waals surface area contributed by atoms with Crippen molar-refractivity contribution in [3.63, 3.8) is 0 Å². The Morgan fingerprint density at radius 1 is 0.963 bits per heavy atom. The Balaban J connectivity index is 1.78. The summed E-state index contributed by atoms with van der Waals surface area (Å²) in [5.74, 6) is 0.292. The van der Waals surface area contributed by atoms with Crippen LogP contribution < -0.4 is 0 Å². The summed E-state index contributed by atoms with van der Waals surface area (Å²) in [6.45, 7) is 0.591. The quantitative estimate of drug-likeness (QED) is 0.221. The van der Waals surface area contributed by atoms with Gasteiger partial charge < -0.3 is 4.74 Å². The number of benzene rings is 1. The Kier molecular flexibility index (Phi) is 9.41. The third-order valence-electron chi connectivity index (χ3n) is 4.70. The van der Waals surface area contributed by atoms with Crippen LogP contribution in [0.4, 0.5) is 4.39 Å². The zero-order chi connectivity index (χ0) is 19.5. The summed E-state index contributed by atoms with van der Waals surface area (Å²) in [7, 11) is -2.82. The molecule has 0 aliphatic heterocycles. The highest BCUT2D eigenvalue weighted by Crippen LogP contribution is 2.34. The smallest absolute Gasteiger partial charge is 0.378 e. The zero-order valence-electron chi connectivity index (χ0n) is 14.8. The lowest BCUT2D eigenvalue weighted by atomic mass is 9.83. The van der Waals surface area contributed by atoms with Gasteiger partial charge in [0.1, 0.15) is 5.82 Å². The molecule has 1 aliphatic carbocycles. The maximum atomic E-state index is 13.1. The van der Waals surface area contributed by atoms with E-state index in [1.807, 2.05) is 12.1 Å². The number of nitrogens with zero attached hydrogens (tertiary/aromatic N) is 3. The van der Waals surface area contributed by atoms with E-state index in [1.165, 1.54) is 17.7 Å². The van der Waals surface area contributed by atoms with Crippen LogP contribution in [0, 0.1) is 5.82 Å². The van der Waals surface area contributed by atoms with Gasteiger partial charge in [0.25, 0.3) is 0 Å². The monoisotopic (exact) mass is 437 g/mol. The molecule has 0 atom stereocenters. The SMILES string of the molecule is Fc1ccc([C@H]2CC[C@H](OCCC[Si](N=C=S)(N=C=S)N=C=S)CC2)cc1. The lowest BCUT2D eigenvalue weighted by Crippen LogP contribution is -2.28. The first-order valence-corrected chi connectivity index (χ1v) is 12.0. The first-order valence-electron chi connectivity index (χ1n) is 8.76. The van der Waals surface area contributed by atoms with E-state index in [0.29, 0.717) is 18.6 Å². The minimum atomic E-state index is -2.82. The van der Waals surface area contributed by atoms with Crippen LogP contribution in [0.1, 0.15) is 43.6 Å². The van der Waals surface area contributed by atoms with Gasteiger partial charge in [-0.05, 0) is 92.4 Å². The molecule has 0 amide bonds. The third kappa shape index (κ3) is 7.00. The second kappa shape index (κ2) is 11.5. The van der Waals surface area contributed by atoms with Gasteiger partial charge in [-0.3, -0.25) is 0 Å². The van der Waals surface area contributed by atoms with E-state index in [-0.39, 0.29) is 11.9 Å². The Morgan fingerprint density at radius 2 is 1.52 bits per heavy atom. The molecule has 0 N–H and O–H groups in total. The number of hydrogen-bond donors (Lipinski definition) is 0. The van der Waals surface area contributed by atoms with Crippen molar-refractivity contribution in [1.29, 1.82) is 0 Å². The highest BCUT2D eigenvalue weighted by Gasteiger charge is 2.34. The van der Waals surface area contributed by atoms with E-state index < -0.39 is 8.56 Å². The van der Waals surface area contributed by atoms with Gasteiger partial charge in [-0.15, -0.1) is 0 Å². The van der Waals surface area contributed by atoms with Crippen molar-refractivity contribution in [2.45, 2.75) is 50.2 Å². The van der Waals surface area contributed by atoms with Crippen LogP contribution in [0.2, 0.25) is 6.04 Å².